The minimum atomic E-state index is -0.0249. The molecule has 3 rings (SSSR count). The first-order valence-corrected chi connectivity index (χ1v) is 11.8. The third kappa shape index (κ3) is 5.88. The summed E-state index contributed by atoms with van der Waals surface area (Å²) in [6.07, 6.45) is 3.31. The minimum absolute atomic E-state index is 0.0249. The normalized spacial score (nSPS) is 12.6. The van der Waals surface area contributed by atoms with Crippen molar-refractivity contribution in [3.63, 3.8) is 0 Å². The summed E-state index contributed by atoms with van der Waals surface area (Å²) in [5.74, 6) is 1.53. The molecule has 2 heterocycles. The van der Waals surface area contributed by atoms with E-state index in [0.29, 0.717) is 65.2 Å². The number of hydrogen-bond donors (Lipinski definition) is 3. The average molecular weight is 473 g/mol. The first-order valence-electron chi connectivity index (χ1n) is 11.4. The SMILES string of the molecule is CC(C)[C@H](CO)Cc1nc(Nc2ccc(C(=O)CCCN)c(Cl)c2)c2ncn(C(C)C)c2n1. The molecule has 1 aromatic carbocycles. The number of hydrogen-bond acceptors (Lipinski definition) is 7. The van der Waals surface area contributed by atoms with Crippen LogP contribution < -0.4 is 11.1 Å². The Kier molecular flexibility index (Phi) is 8.40. The van der Waals surface area contributed by atoms with E-state index in [0.717, 1.165) is 5.65 Å². The third-order valence-electron chi connectivity index (χ3n) is 5.79. The number of carbonyl (C=O) groups excluding carboxylic acids is 1. The molecule has 0 aliphatic heterocycles. The number of nitrogens with two attached hydrogens (primary N) is 1. The molecule has 0 saturated heterocycles. The molecule has 0 amide bonds. The zero-order valence-corrected chi connectivity index (χ0v) is 20.4. The Bertz CT molecular complexity index is 1110. The fraction of sp³-hybridized carbons (Fsp3) is 0.500. The predicted molar refractivity (Wildman–Crippen MR) is 132 cm³/mol. The fourth-order valence-corrected chi connectivity index (χ4v) is 3.90. The highest BCUT2D eigenvalue weighted by atomic mass is 35.5. The Balaban J connectivity index is 1.98. The lowest BCUT2D eigenvalue weighted by Gasteiger charge is -2.18. The number of rotatable bonds is 11. The summed E-state index contributed by atoms with van der Waals surface area (Å²) in [6.45, 7) is 8.83. The van der Waals surface area contributed by atoms with E-state index in [4.69, 9.17) is 27.3 Å². The summed E-state index contributed by atoms with van der Waals surface area (Å²) in [6, 6.07) is 5.42. The number of nitrogens with one attached hydrogen (secondary N) is 1. The number of Topliss-reactive ketones (excluding diaryl/α,β-unsaturated/α-hetero) is 1. The van der Waals surface area contributed by atoms with Crippen LogP contribution in [0.15, 0.2) is 24.5 Å². The molecule has 178 valence electrons. The van der Waals surface area contributed by atoms with Gasteiger partial charge in [-0.25, -0.2) is 15.0 Å². The van der Waals surface area contributed by atoms with Crippen LogP contribution in [-0.4, -0.2) is 43.6 Å². The van der Waals surface area contributed by atoms with Crippen molar-refractivity contribution in [2.45, 2.75) is 53.0 Å². The summed E-state index contributed by atoms with van der Waals surface area (Å²) >= 11 is 6.41. The van der Waals surface area contributed by atoms with Gasteiger partial charge in [-0.1, -0.05) is 25.4 Å². The van der Waals surface area contributed by atoms with Crippen molar-refractivity contribution >= 4 is 40.1 Å². The number of aromatic nitrogens is 4. The van der Waals surface area contributed by atoms with Gasteiger partial charge in [0.05, 0.1) is 11.3 Å². The molecule has 3 aromatic rings. The second-order valence-corrected chi connectivity index (χ2v) is 9.34. The summed E-state index contributed by atoms with van der Waals surface area (Å²) in [7, 11) is 0. The molecule has 1 atom stereocenters. The summed E-state index contributed by atoms with van der Waals surface area (Å²) < 4.78 is 2.00. The van der Waals surface area contributed by atoms with Gasteiger partial charge in [-0.2, -0.15) is 0 Å². The number of carbonyl (C=O) groups is 1. The van der Waals surface area contributed by atoms with Gasteiger partial charge in [-0.3, -0.25) is 4.79 Å². The van der Waals surface area contributed by atoms with Gasteiger partial charge in [0.15, 0.2) is 22.8 Å². The number of aliphatic hydroxyl groups excluding tert-OH is 1. The van der Waals surface area contributed by atoms with Crippen molar-refractivity contribution in [3.05, 3.63) is 40.9 Å². The quantitative estimate of drug-likeness (QED) is 0.350. The molecule has 0 unspecified atom stereocenters. The van der Waals surface area contributed by atoms with Crippen molar-refractivity contribution in [1.29, 1.82) is 0 Å². The highest BCUT2D eigenvalue weighted by Crippen LogP contribution is 2.29. The number of benzene rings is 1. The number of aliphatic hydroxyl groups is 1. The van der Waals surface area contributed by atoms with Crippen LogP contribution in [-0.2, 0) is 6.42 Å². The zero-order chi connectivity index (χ0) is 24.1. The molecule has 4 N–H and O–H groups in total. The molecule has 8 nitrogen and oxygen atoms in total. The molecular weight excluding hydrogens is 440 g/mol. The van der Waals surface area contributed by atoms with E-state index < -0.39 is 0 Å². The largest absolute Gasteiger partial charge is 0.396 e. The van der Waals surface area contributed by atoms with Crippen LogP contribution in [0.4, 0.5) is 11.5 Å². The number of anilines is 2. The average Bonchev–Trinajstić information content (AvgIpc) is 3.20. The topological polar surface area (TPSA) is 119 Å². The number of halogens is 1. The lowest BCUT2D eigenvalue weighted by Crippen LogP contribution is -2.18. The van der Waals surface area contributed by atoms with Crippen LogP contribution in [0.3, 0.4) is 0 Å². The summed E-state index contributed by atoms with van der Waals surface area (Å²) in [5.41, 5.74) is 8.07. The summed E-state index contributed by atoms with van der Waals surface area (Å²) in [4.78, 5) is 26.4. The Labute approximate surface area is 199 Å². The van der Waals surface area contributed by atoms with Crippen LogP contribution >= 0.6 is 11.6 Å². The number of imidazole rings is 1. The molecule has 0 aliphatic rings. The Morgan fingerprint density at radius 1 is 1.24 bits per heavy atom. The van der Waals surface area contributed by atoms with Gasteiger partial charge in [-0.05, 0) is 56.8 Å². The van der Waals surface area contributed by atoms with E-state index in [1.165, 1.54) is 0 Å². The zero-order valence-electron chi connectivity index (χ0n) is 19.7. The van der Waals surface area contributed by atoms with Crippen molar-refractivity contribution in [2.24, 2.45) is 17.6 Å². The maximum absolute atomic E-state index is 12.4. The van der Waals surface area contributed by atoms with E-state index in [-0.39, 0.29) is 24.3 Å². The molecule has 0 radical (unpaired) electrons. The first-order chi connectivity index (χ1) is 15.7. The fourth-order valence-electron chi connectivity index (χ4n) is 3.62. The maximum atomic E-state index is 12.4. The highest BCUT2D eigenvalue weighted by molar-refractivity contribution is 6.34. The smallest absolute Gasteiger partial charge is 0.166 e. The molecule has 33 heavy (non-hydrogen) atoms. The highest BCUT2D eigenvalue weighted by Gasteiger charge is 2.20. The van der Waals surface area contributed by atoms with Crippen molar-refractivity contribution in [3.8, 4) is 0 Å². The molecule has 0 aliphatic carbocycles. The van der Waals surface area contributed by atoms with Gasteiger partial charge in [0.25, 0.3) is 0 Å². The number of ketones is 1. The van der Waals surface area contributed by atoms with Gasteiger partial charge < -0.3 is 20.7 Å². The van der Waals surface area contributed by atoms with E-state index in [9.17, 15) is 9.90 Å². The van der Waals surface area contributed by atoms with Gasteiger partial charge in [0.2, 0.25) is 0 Å². The van der Waals surface area contributed by atoms with Crippen LogP contribution in [0.1, 0.15) is 62.8 Å². The molecule has 0 fully saturated rings. The Morgan fingerprint density at radius 2 is 2.00 bits per heavy atom. The monoisotopic (exact) mass is 472 g/mol. The second kappa shape index (κ2) is 11.0. The van der Waals surface area contributed by atoms with Crippen molar-refractivity contribution in [2.75, 3.05) is 18.5 Å². The molecular formula is C24H33ClN6O2. The van der Waals surface area contributed by atoms with E-state index in [2.05, 4.69) is 38.0 Å². The molecule has 2 aromatic heterocycles. The van der Waals surface area contributed by atoms with Gasteiger partial charge in [-0.15, -0.1) is 0 Å². The second-order valence-electron chi connectivity index (χ2n) is 8.93. The first kappa shape index (κ1) is 25.1. The molecule has 0 spiro atoms. The lowest BCUT2D eigenvalue weighted by atomic mass is 9.93. The van der Waals surface area contributed by atoms with E-state index in [1.54, 1.807) is 24.5 Å². The minimum Gasteiger partial charge on any atom is -0.396 e. The van der Waals surface area contributed by atoms with E-state index in [1.807, 2.05) is 4.57 Å². The predicted octanol–water partition coefficient (Wildman–Crippen LogP) is 4.53. The summed E-state index contributed by atoms with van der Waals surface area (Å²) in [5, 5.41) is 13.5. The van der Waals surface area contributed by atoms with Crippen LogP contribution in [0, 0.1) is 11.8 Å². The van der Waals surface area contributed by atoms with Gasteiger partial charge >= 0.3 is 0 Å². The lowest BCUT2D eigenvalue weighted by molar-refractivity contribution is 0.0981. The van der Waals surface area contributed by atoms with E-state index >= 15 is 0 Å². The number of fused-ring (bicyclic) bond motifs is 1. The molecule has 9 heteroatoms. The molecule has 0 bridgehead atoms. The Hall–Kier alpha value is -2.55. The maximum Gasteiger partial charge on any atom is 0.166 e. The molecule has 0 saturated carbocycles. The standard InChI is InChI=1S/C24H33ClN6O2/c1-14(2)16(12-32)10-21-29-23(22-24(30-21)31(13-27-22)15(3)4)28-17-7-8-18(19(25)11-17)20(33)6-5-9-26/h7-8,11,13-16,32H,5-6,9-10,12,26H2,1-4H3,(H,28,29,30)/t16-/m0/s1. The van der Waals surface area contributed by atoms with Crippen molar-refractivity contribution < 1.29 is 9.90 Å². The third-order valence-corrected chi connectivity index (χ3v) is 6.10. The Morgan fingerprint density at radius 3 is 2.61 bits per heavy atom. The van der Waals surface area contributed by atoms with Crippen LogP contribution in [0.2, 0.25) is 5.02 Å². The van der Waals surface area contributed by atoms with Gasteiger partial charge in [0, 0.05) is 36.7 Å². The van der Waals surface area contributed by atoms with Crippen LogP contribution in [0.5, 0.6) is 0 Å². The number of nitrogens with zero attached hydrogens (tertiary/aromatic N) is 4. The van der Waals surface area contributed by atoms with Gasteiger partial charge in [0.1, 0.15) is 5.82 Å². The van der Waals surface area contributed by atoms with Crippen molar-refractivity contribution in [1.82, 2.24) is 19.5 Å². The van der Waals surface area contributed by atoms with Crippen LogP contribution in [0.25, 0.3) is 11.2 Å².